The second-order valence-electron chi connectivity index (χ2n) is 11.8. The van der Waals surface area contributed by atoms with Crippen LogP contribution in [0.3, 0.4) is 0 Å². The summed E-state index contributed by atoms with van der Waals surface area (Å²) in [6, 6.07) is 5.47. The molecule has 1 unspecified atom stereocenters. The average molecular weight is 912 g/mol. The van der Waals surface area contributed by atoms with Crippen molar-refractivity contribution < 1.29 is 60.1 Å². The summed E-state index contributed by atoms with van der Waals surface area (Å²) < 4.78 is 77.5. The van der Waals surface area contributed by atoms with E-state index in [0.717, 1.165) is 30.0 Å². The molecule has 4 aromatic rings. The molecule has 2 aromatic heterocycles. The number of nitrogen functional groups attached to an aromatic ring is 1. The molecule has 17 nitrogen and oxygen atoms in total. The highest BCUT2D eigenvalue weighted by Crippen LogP contribution is 2.42. The van der Waals surface area contributed by atoms with Crippen LogP contribution < -0.4 is 15.9 Å². The Balaban J connectivity index is 0.000000292. The van der Waals surface area contributed by atoms with E-state index in [-0.39, 0.29) is 37.1 Å². The van der Waals surface area contributed by atoms with E-state index in [9.17, 15) is 50.8 Å². The Labute approximate surface area is 334 Å². The average Bonchev–Trinajstić information content (AvgIpc) is 3.64. The van der Waals surface area contributed by atoms with Crippen molar-refractivity contribution in [1.29, 1.82) is 0 Å². The molecule has 1 aliphatic rings. The Morgan fingerprint density at radius 2 is 1.68 bits per heavy atom. The van der Waals surface area contributed by atoms with Crippen molar-refractivity contribution in [2.75, 3.05) is 43.6 Å². The summed E-state index contributed by atoms with van der Waals surface area (Å²) >= 11 is 17.4. The number of nitrogens with one attached hydrogen (secondary N) is 1. The van der Waals surface area contributed by atoms with Crippen LogP contribution >= 0.6 is 42.4 Å². The van der Waals surface area contributed by atoms with Crippen LogP contribution in [0.15, 0.2) is 52.1 Å². The van der Waals surface area contributed by atoms with Crippen LogP contribution in [0.4, 0.5) is 24.7 Å². The second kappa shape index (κ2) is 20.1. The minimum Gasteiger partial charge on any atom is -0.778 e. The van der Waals surface area contributed by atoms with Crippen molar-refractivity contribution in [3.05, 3.63) is 90.4 Å². The molecule has 0 radical (unpaired) electrons. The third-order valence-corrected chi connectivity index (χ3v) is 9.08. The molecule has 5 N–H and O–H groups in total. The summed E-state index contributed by atoms with van der Waals surface area (Å²) in [6.07, 6.45) is 6.39. The lowest BCUT2D eigenvalue weighted by Gasteiger charge is -2.14. The quantitative estimate of drug-likeness (QED) is 0.0524. The van der Waals surface area contributed by atoms with E-state index in [1.54, 1.807) is 0 Å². The molecule has 0 spiro atoms. The SMILES string of the molecule is CS(=O)(=O)c1cc(Cl)ccc1C(=O)c1cnoc1C1CC1.C[S+](C)C.Nc1c([N+](=O)[O-])cnn1-c1c(Cl)cc(C(F)(F)F)cc1Cl.O=C(O)CNCP(=O)([O-])O. The van der Waals surface area contributed by atoms with Crippen LogP contribution in [0.25, 0.3) is 5.69 Å². The van der Waals surface area contributed by atoms with Gasteiger partial charge in [0.25, 0.3) is 0 Å². The van der Waals surface area contributed by atoms with E-state index in [4.69, 9.17) is 55.1 Å². The number of hydrogen-bond donors (Lipinski definition) is 4. The number of nitro groups is 1. The monoisotopic (exact) mass is 910 g/mol. The van der Waals surface area contributed by atoms with Crippen molar-refractivity contribution >= 4 is 86.4 Å². The van der Waals surface area contributed by atoms with Crippen molar-refractivity contribution in [2.45, 2.75) is 29.8 Å². The van der Waals surface area contributed by atoms with Gasteiger partial charge in [0, 0.05) is 22.8 Å². The van der Waals surface area contributed by atoms with Gasteiger partial charge in [0.2, 0.25) is 5.82 Å². The van der Waals surface area contributed by atoms with E-state index < -0.39 is 70.2 Å². The zero-order chi connectivity index (χ0) is 42.9. The predicted molar refractivity (Wildman–Crippen MR) is 202 cm³/mol. The highest BCUT2D eigenvalue weighted by atomic mass is 35.5. The molecule has 1 aliphatic carbocycles. The predicted octanol–water partition coefficient (Wildman–Crippen LogP) is 5.19. The van der Waals surface area contributed by atoms with E-state index in [2.05, 4.69) is 29.0 Å². The number of aromatic nitrogens is 3. The molecule has 1 fully saturated rings. The second-order valence-corrected chi connectivity index (χ2v) is 19.1. The lowest BCUT2D eigenvalue weighted by molar-refractivity contribution is -0.383. The molecular weight excluding hydrogens is 879 g/mol. The molecule has 5 rings (SSSR count). The molecule has 1 saturated carbocycles. The van der Waals surface area contributed by atoms with E-state index in [1.807, 2.05) is 5.32 Å². The van der Waals surface area contributed by atoms with Crippen LogP contribution in [0.5, 0.6) is 0 Å². The molecule has 308 valence electrons. The molecule has 2 heterocycles. The number of rotatable bonds is 10. The number of hydrogen-bond acceptors (Lipinski definition) is 13. The Morgan fingerprint density at radius 3 is 2.11 bits per heavy atom. The molecular formula is C30H33Cl3F3N6O11PS2. The Morgan fingerprint density at radius 1 is 1.12 bits per heavy atom. The highest BCUT2D eigenvalue weighted by Gasteiger charge is 2.34. The topological polar surface area (TPSA) is 274 Å². The number of nitrogens with zero attached hydrogens (tertiary/aromatic N) is 4. The van der Waals surface area contributed by atoms with Crippen molar-refractivity contribution in [2.24, 2.45) is 0 Å². The zero-order valence-electron chi connectivity index (χ0n) is 29.4. The lowest BCUT2D eigenvalue weighted by atomic mass is 10.0. The van der Waals surface area contributed by atoms with Gasteiger partial charge in [-0.05, 0) is 54.1 Å². The van der Waals surface area contributed by atoms with E-state index >= 15 is 0 Å². The van der Waals surface area contributed by atoms with Crippen molar-refractivity contribution in [1.82, 2.24) is 20.3 Å². The van der Waals surface area contributed by atoms with Gasteiger partial charge in [0.1, 0.15) is 19.5 Å². The molecule has 26 heteroatoms. The number of anilines is 1. The van der Waals surface area contributed by atoms with Crippen molar-refractivity contribution in [3.8, 4) is 5.69 Å². The number of aliphatic carboxylic acids is 1. The standard InChI is InChI=1S/C14H12ClNO4S.C10H5Cl2F3N4O2.C3H8NO5P.C3H9S/c1-21(18,19)12-6-9(15)4-5-10(12)13(17)11-7-16-20-14(11)8-2-3-8;11-5-1-4(10(13,14)15)2-6(12)8(5)18-9(16)7(3-17-18)19(20)21;5-3(6)1-4-2-10(7,8)9;1-4(2)3/h4-8H,2-3H2,1H3;1-3H,16H2;4H,1-2H2,(H,5,6)(H2,7,8,9);1-3H3/q;;;+1/p-1. The highest BCUT2D eigenvalue weighted by molar-refractivity contribution is 7.94. The molecule has 0 saturated heterocycles. The fourth-order valence-corrected chi connectivity index (χ4v) is 6.28. The number of ketones is 1. The van der Waals surface area contributed by atoms with Crippen molar-refractivity contribution in [3.63, 3.8) is 0 Å². The third-order valence-electron chi connectivity index (χ3n) is 6.51. The molecule has 0 aliphatic heterocycles. The van der Waals surface area contributed by atoms with Gasteiger partial charge in [-0.1, -0.05) is 40.0 Å². The van der Waals surface area contributed by atoms with Gasteiger partial charge < -0.3 is 29.7 Å². The fraction of sp³-hybridized carbons (Fsp3) is 0.333. The number of carboxylic acids is 1. The maximum atomic E-state index is 12.6. The first-order chi connectivity index (χ1) is 25.6. The maximum absolute atomic E-state index is 12.6. The van der Waals surface area contributed by atoms with Gasteiger partial charge in [0.05, 0.1) is 68.8 Å². The number of carboxylic acid groups (broad SMARTS) is 1. The summed E-state index contributed by atoms with van der Waals surface area (Å²) in [5.74, 6) is -1.23. The Hall–Kier alpha value is -3.73. The molecule has 1 atom stereocenters. The Bertz CT molecular complexity index is 2190. The van der Waals surface area contributed by atoms with Crippen LogP contribution in [0.2, 0.25) is 15.1 Å². The van der Waals surface area contributed by atoms with Gasteiger partial charge in [0.15, 0.2) is 21.4 Å². The van der Waals surface area contributed by atoms with Gasteiger partial charge in [-0.25, -0.2) is 13.1 Å². The van der Waals surface area contributed by atoms with Gasteiger partial charge in [-0.3, -0.25) is 25.0 Å². The first-order valence-electron chi connectivity index (χ1n) is 15.1. The lowest BCUT2D eigenvalue weighted by Crippen LogP contribution is -2.25. The Kier molecular flexibility index (Phi) is 17.4. The first kappa shape index (κ1) is 48.4. The number of benzene rings is 2. The zero-order valence-corrected chi connectivity index (χ0v) is 34.2. The van der Waals surface area contributed by atoms with Crippen LogP contribution in [-0.4, -0.2) is 87.9 Å². The summed E-state index contributed by atoms with van der Waals surface area (Å²) in [6.45, 7) is -0.479. The van der Waals surface area contributed by atoms with Crippen LogP contribution in [0.1, 0.15) is 46.0 Å². The number of sulfone groups is 1. The smallest absolute Gasteiger partial charge is 0.416 e. The normalized spacial score (nSPS) is 13.6. The summed E-state index contributed by atoms with van der Waals surface area (Å²) in [5, 5.41) is 27.4. The number of halogens is 6. The van der Waals surface area contributed by atoms with Crippen LogP contribution in [0, 0.1) is 10.1 Å². The first-order valence-corrected chi connectivity index (χ1v) is 22.4. The number of carbonyl (C=O) groups is 2. The summed E-state index contributed by atoms with van der Waals surface area (Å²) in [5.41, 5.74) is 4.20. The fourth-order valence-electron chi connectivity index (χ4n) is 4.10. The minimum absolute atomic E-state index is 0.0806. The molecule has 0 amide bonds. The summed E-state index contributed by atoms with van der Waals surface area (Å²) in [4.78, 5) is 50.2. The third kappa shape index (κ3) is 15.0. The number of carbonyl (C=O) groups excluding carboxylic acids is 1. The van der Waals surface area contributed by atoms with E-state index in [1.165, 1.54) is 24.4 Å². The minimum atomic E-state index is -4.63. The van der Waals surface area contributed by atoms with Gasteiger partial charge in [-0.2, -0.15) is 18.3 Å². The van der Waals surface area contributed by atoms with Gasteiger partial charge >= 0.3 is 17.8 Å². The van der Waals surface area contributed by atoms with E-state index in [0.29, 0.717) is 34.4 Å². The largest absolute Gasteiger partial charge is 0.778 e. The molecule has 56 heavy (non-hydrogen) atoms. The number of alkyl halides is 3. The molecule has 2 aromatic carbocycles. The summed E-state index contributed by atoms with van der Waals surface area (Å²) in [7, 11) is -7.27. The maximum Gasteiger partial charge on any atom is 0.416 e. The molecule has 0 bridgehead atoms. The van der Waals surface area contributed by atoms with Crippen LogP contribution in [-0.2, 0) is 36.3 Å². The van der Waals surface area contributed by atoms with Gasteiger partial charge in [-0.15, -0.1) is 0 Å². The number of nitrogens with two attached hydrogens (primary N) is 1.